The van der Waals surface area contributed by atoms with E-state index in [2.05, 4.69) is 10.2 Å². The van der Waals surface area contributed by atoms with Crippen molar-refractivity contribution in [3.63, 3.8) is 0 Å². The topological polar surface area (TPSA) is 52.7 Å². The van der Waals surface area contributed by atoms with Crippen LogP contribution in [-0.4, -0.2) is 36.3 Å². The van der Waals surface area contributed by atoms with Crippen LogP contribution in [0, 0.1) is 0 Å². The first kappa shape index (κ1) is 18.0. The molecule has 0 spiro atoms. The Morgan fingerprint density at radius 1 is 1.00 bits per heavy atom. The largest absolute Gasteiger partial charge is 0.372 e. The van der Waals surface area contributed by atoms with Gasteiger partial charge in [0, 0.05) is 37.6 Å². The number of nitrogens with one attached hydrogen (secondary N) is 1. The molecule has 1 fully saturated rings. The maximum atomic E-state index is 12.5. The molecule has 26 heavy (non-hydrogen) atoms. The fraction of sp³-hybridized carbons (Fsp3) is 0.333. The fourth-order valence-electron chi connectivity index (χ4n) is 3.19. The molecule has 0 radical (unpaired) electrons. The van der Waals surface area contributed by atoms with Crippen LogP contribution in [0.2, 0.25) is 0 Å². The van der Waals surface area contributed by atoms with E-state index in [1.807, 2.05) is 61.5 Å². The molecule has 0 aliphatic carbocycles. The van der Waals surface area contributed by atoms with Crippen LogP contribution in [-0.2, 0) is 16.1 Å². The Bertz CT molecular complexity index is 738. The minimum absolute atomic E-state index is 0.428. The lowest BCUT2D eigenvalue weighted by Crippen LogP contribution is -2.39. The Labute approximate surface area is 154 Å². The molecular formula is C21H25N3O2. The third kappa shape index (κ3) is 4.42. The molecule has 2 aromatic rings. The number of benzene rings is 2. The highest BCUT2D eigenvalue weighted by Crippen LogP contribution is 2.22. The number of amides is 2. The van der Waals surface area contributed by atoms with Crippen molar-refractivity contribution < 1.29 is 9.59 Å². The number of hydrogen-bond donors (Lipinski definition) is 1. The SMILES string of the molecule is CCN(Cc1ccccc1)C(=O)C(=O)Nc1ccc(N2CCCC2)cc1. The van der Waals surface area contributed by atoms with Gasteiger partial charge in [0.15, 0.2) is 0 Å². The molecule has 1 saturated heterocycles. The Kier molecular flexibility index (Phi) is 5.89. The lowest BCUT2D eigenvalue weighted by molar-refractivity contribution is -0.143. The van der Waals surface area contributed by atoms with Crippen LogP contribution in [0.3, 0.4) is 0 Å². The van der Waals surface area contributed by atoms with Crippen molar-refractivity contribution in [2.24, 2.45) is 0 Å². The number of carbonyl (C=O) groups excluding carboxylic acids is 2. The Morgan fingerprint density at radius 2 is 1.65 bits per heavy atom. The van der Waals surface area contributed by atoms with Gasteiger partial charge in [-0.15, -0.1) is 0 Å². The average molecular weight is 351 g/mol. The first-order valence-corrected chi connectivity index (χ1v) is 9.16. The number of anilines is 2. The van der Waals surface area contributed by atoms with Gasteiger partial charge in [-0.1, -0.05) is 30.3 Å². The molecule has 1 aliphatic heterocycles. The normalized spacial score (nSPS) is 13.5. The second-order valence-electron chi connectivity index (χ2n) is 6.50. The van der Waals surface area contributed by atoms with Gasteiger partial charge in [0.2, 0.25) is 0 Å². The summed E-state index contributed by atoms with van der Waals surface area (Å²) in [5.74, 6) is -1.11. The van der Waals surface area contributed by atoms with E-state index in [4.69, 9.17) is 0 Å². The Hall–Kier alpha value is -2.82. The number of likely N-dealkylation sites (N-methyl/N-ethyl adjacent to an activating group) is 1. The van der Waals surface area contributed by atoms with E-state index >= 15 is 0 Å². The molecule has 3 rings (SSSR count). The lowest BCUT2D eigenvalue weighted by Gasteiger charge is -2.21. The smallest absolute Gasteiger partial charge is 0.313 e. The third-order valence-corrected chi connectivity index (χ3v) is 4.68. The summed E-state index contributed by atoms with van der Waals surface area (Å²) in [7, 11) is 0. The molecule has 2 aromatic carbocycles. The van der Waals surface area contributed by atoms with E-state index in [1.165, 1.54) is 12.8 Å². The predicted octanol–water partition coefficient (Wildman–Crippen LogP) is 3.27. The molecule has 0 unspecified atom stereocenters. The van der Waals surface area contributed by atoms with Gasteiger partial charge in [-0.3, -0.25) is 9.59 Å². The zero-order valence-electron chi connectivity index (χ0n) is 15.1. The van der Waals surface area contributed by atoms with E-state index in [9.17, 15) is 9.59 Å². The van der Waals surface area contributed by atoms with E-state index in [-0.39, 0.29) is 0 Å². The average Bonchev–Trinajstić information content (AvgIpc) is 3.21. The van der Waals surface area contributed by atoms with Crippen molar-refractivity contribution in [1.29, 1.82) is 0 Å². The lowest BCUT2D eigenvalue weighted by atomic mass is 10.2. The Balaban J connectivity index is 1.59. The molecule has 0 atom stereocenters. The maximum absolute atomic E-state index is 12.5. The van der Waals surface area contributed by atoms with Crippen molar-refractivity contribution in [2.45, 2.75) is 26.3 Å². The van der Waals surface area contributed by atoms with Gasteiger partial charge in [-0.25, -0.2) is 0 Å². The van der Waals surface area contributed by atoms with Gasteiger partial charge in [-0.05, 0) is 49.6 Å². The summed E-state index contributed by atoms with van der Waals surface area (Å²) < 4.78 is 0. The van der Waals surface area contributed by atoms with Gasteiger partial charge < -0.3 is 15.1 Å². The van der Waals surface area contributed by atoms with Gasteiger partial charge >= 0.3 is 11.8 Å². The molecule has 1 N–H and O–H groups in total. The Morgan fingerprint density at radius 3 is 2.27 bits per heavy atom. The first-order chi connectivity index (χ1) is 12.7. The first-order valence-electron chi connectivity index (χ1n) is 9.16. The second kappa shape index (κ2) is 8.52. The highest BCUT2D eigenvalue weighted by molar-refractivity contribution is 6.39. The van der Waals surface area contributed by atoms with Crippen molar-refractivity contribution in [3.8, 4) is 0 Å². The summed E-state index contributed by atoms with van der Waals surface area (Å²) in [6.45, 7) is 4.94. The zero-order chi connectivity index (χ0) is 18.4. The standard InChI is InChI=1S/C21H25N3O2/c1-2-23(16-17-8-4-3-5-9-17)21(26)20(25)22-18-10-12-19(13-11-18)24-14-6-7-15-24/h3-5,8-13H,2,6-7,14-16H2,1H3,(H,22,25). The molecule has 0 bridgehead atoms. The summed E-state index contributed by atoms with van der Waals surface area (Å²) >= 11 is 0. The molecule has 5 heteroatoms. The van der Waals surface area contributed by atoms with Crippen molar-refractivity contribution in [2.75, 3.05) is 29.9 Å². The summed E-state index contributed by atoms with van der Waals surface area (Å²) in [4.78, 5) is 28.7. The second-order valence-corrected chi connectivity index (χ2v) is 6.50. The molecule has 5 nitrogen and oxygen atoms in total. The van der Waals surface area contributed by atoms with Crippen molar-refractivity contribution in [1.82, 2.24) is 4.90 Å². The highest BCUT2D eigenvalue weighted by atomic mass is 16.2. The van der Waals surface area contributed by atoms with Crippen LogP contribution in [0.4, 0.5) is 11.4 Å². The number of hydrogen-bond acceptors (Lipinski definition) is 3. The molecule has 136 valence electrons. The van der Waals surface area contributed by atoms with Crippen LogP contribution in [0.25, 0.3) is 0 Å². The molecular weight excluding hydrogens is 326 g/mol. The van der Waals surface area contributed by atoms with Gasteiger partial charge in [-0.2, -0.15) is 0 Å². The minimum Gasteiger partial charge on any atom is -0.372 e. The molecule has 0 saturated carbocycles. The van der Waals surface area contributed by atoms with Crippen LogP contribution < -0.4 is 10.2 Å². The van der Waals surface area contributed by atoms with E-state index in [0.29, 0.717) is 18.8 Å². The quantitative estimate of drug-likeness (QED) is 0.841. The zero-order valence-corrected chi connectivity index (χ0v) is 15.1. The van der Waals surface area contributed by atoms with Gasteiger partial charge in [0.25, 0.3) is 0 Å². The molecule has 2 amide bonds. The van der Waals surface area contributed by atoms with Crippen molar-refractivity contribution >= 4 is 23.2 Å². The monoisotopic (exact) mass is 351 g/mol. The molecule has 1 aliphatic rings. The van der Waals surface area contributed by atoms with Crippen LogP contribution in [0.15, 0.2) is 54.6 Å². The van der Waals surface area contributed by atoms with Gasteiger partial charge in [0.05, 0.1) is 0 Å². The van der Waals surface area contributed by atoms with Crippen LogP contribution >= 0.6 is 0 Å². The van der Waals surface area contributed by atoms with E-state index < -0.39 is 11.8 Å². The molecule has 0 aromatic heterocycles. The third-order valence-electron chi connectivity index (χ3n) is 4.68. The fourth-order valence-corrected chi connectivity index (χ4v) is 3.19. The highest BCUT2D eigenvalue weighted by Gasteiger charge is 2.21. The number of nitrogens with zero attached hydrogens (tertiary/aromatic N) is 2. The number of carbonyl (C=O) groups is 2. The van der Waals surface area contributed by atoms with Crippen LogP contribution in [0.5, 0.6) is 0 Å². The van der Waals surface area contributed by atoms with E-state index in [0.717, 1.165) is 24.3 Å². The predicted molar refractivity (Wildman–Crippen MR) is 104 cm³/mol. The molecule has 1 heterocycles. The van der Waals surface area contributed by atoms with Gasteiger partial charge in [0.1, 0.15) is 0 Å². The summed E-state index contributed by atoms with van der Waals surface area (Å²) in [5, 5.41) is 2.71. The van der Waals surface area contributed by atoms with E-state index in [1.54, 1.807) is 4.90 Å². The summed E-state index contributed by atoms with van der Waals surface area (Å²) in [6.07, 6.45) is 2.45. The summed E-state index contributed by atoms with van der Waals surface area (Å²) in [6, 6.07) is 17.4. The summed E-state index contributed by atoms with van der Waals surface area (Å²) in [5.41, 5.74) is 2.80. The number of rotatable bonds is 5. The van der Waals surface area contributed by atoms with Crippen LogP contribution in [0.1, 0.15) is 25.3 Å². The van der Waals surface area contributed by atoms with Crippen molar-refractivity contribution in [3.05, 3.63) is 60.2 Å². The minimum atomic E-state index is -0.600. The maximum Gasteiger partial charge on any atom is 0.313 e.